The molecule has 5 heteroatoms. The van der Waals surface area contributed by atoms with Crippen LogP contribution in [-0.4, -0.2) is 22.1 Å². The van der Waals surface area contributed by atoms with E-state index < -0.39 is 0 Å². The Hall–Kier alpha value is -1.91. The Labute approximate surface area is 98.0 Å². The molecule has 1 aromatic heterocycles. The van der Waals surface area contributed by atoms with E-state index in [1.165, 1.54) is 6.07 Å². The van der Waals surface area contributed by atoms with Gasteiger partial charge in [0.1, 0.15) is 17.8 Å². The van der Waals surface area contributed by atoms with Crippen LogP contribution in [0.2, 0.25) is 0 Å². The number of para-hydroxylation sites is 1. The average Bonchev–Trinajstić information content (AvgIpc) is 2.59. The lowest BCUT2D eigenvalue weighted by molar-refractivity contribution is -0.142. The third kappa shape index (κ3) is 2.13. The highest BCUT2D eigenvalue weighted by Gasteiger charge is 2.14. The number of aromatic nitrogens is 2. The largest absolute Gasteiger partial charge is 0.466 e. The number of carbonyl (C=O) groups is 1. The third-order valence-electron chi connectivity index (χ3n) is 2.56. The zero-order valence-electron chi connectivity index (χ0n) is 9.74. The second-order valence-electron chi connectivity index (χ2n) is 3.68. The van der Waals surface area contributed by atoms with Gasteiger partial charge in [0.05, 0.1) is 12.1 Å². The van der Waals surface area contributed by atoms with Crippen LogP contribution < -0.4 is 0 Å². The molecule has 17 heavy (non-hydrogen) atoms. The smallest absolute Gasteiger partial charge is 0.313 e. The van der Waals surface area contributed by atoms with Gasteiger partial charge in [-0.15, -0.1) is 0 Å². The number of hydrogen-bond donors (Lipinski definition) is 0. The molecule has 0 saturated heterocycles. The van der Waals surface area contributed by atoms with Crippen molar-refractivity contribution in [2.45, 2.75) is 13.3 Å². The normalized spacial score (nSPS) is 10.8. The first-order valence-electron chi connectivity index (χ1n) is 5.39. The fraction of sp³-hybridized carbons (Fsp3) is 0.333. The molecule has 0 spiro atoms. The number of halogens is 1. The molecular formula is C12H13FN2O2. The molecule has 90 valence electrons. The number of hydrogen-bond acceptors (Lipinski definition) is 3. The molecule has 1 aromatic carbocycles. The molecule has 2 aromatic rings. The van der Waals surface area contributed by atoms with E-state index in [4.69, 9.17) is 4.74 Å². The van der Waals surface area contributed by atoms with Crippen LogP contribution in [0.1, 0.15) is 12.7 Å². The van der Waals surface area contributed by atoms with Crippen LogP contribution in [0, 0.1) is 5.82 Å². The lowest BCUT2D eigenvalue weighted by Crippen LogP contribution is -2.11. The molecule has 0 saturated carbocycles. The SMILES string of the molecule is CCOC(=O)Cc1nc2c(F)cccc2n1C. The second-order valence-corrected chi connectivity index (χ2v) is 3.68. The molecule has 0 aliphatic rings. The summed E-state index contributed by atoms with van der Waals surface area (Å²) in [5.74, 6) is -0.233. The number of rotatable bonds is 3. The van der Waals surface area contributed by atoms with Gasteiger partial charge in [-0.2, -0.15) is 0 Å². The van der Waals surface area contributed by atoms with E-state index in [1.807, 2.05) is 0 Å². The Bertz CT molecular complexity index is 563. The number of fused-ring (bicyclic) bond motifs is 1. The molecule has 0 bridgehead atoms. The van der Waals surface area contributed by atoms with E-state index in [0.29, 0.717) is 17.9 Å². The van der Waals surface area contributed by atoms with Crippen LogP contribution in [0.5, 0.6) is 0 Å². The van der Waals surface area contributed by atoms with Gasteiger partial charge >= 0.3 is 5.97 Å². The highest BCUT2D eigenvalue weighted by molar-refractivity contribution is 5.79. The van der Waals surface area contributed by atoms with Crippen molar-refractivity contribution in [2.75, 3.05) is 6.61 Å². The first-order valence-corrected chi connectivity index (χ1v) is 5.39. The summed E-state index contributed by atoms with van der Waals surface area (Å²) in [6.07, 6.45) is 0.0540. The topological polar surface area (TPSA) is 44.1 Å². The maximum absolute atomic E-state index is 13.5. The molecule has 0 atom stereocenters. The molecule has 0 aliphatic carbocycles. The summed E-state index contributed by atoms with van der Waals surface area (Å²) in [4.78, 5) is 15.5. The summed E-state index contributed by atoms with van der Waals surface area (Å²) in [6.45, 7) is 2.07. The van der Waals surface area contributed by atoms with Crippen LogP contribution in [0.3, 0.4) is 0 Å². The number of ether oxygens (including phenoxy) is 1. The maximum atomic E-state index is 13.5. The zero-order chi connectivity index (χ0) is 12.4. The van der Waals surface area contributed by atoms with Gasteiger partial charge < -0.3 is 9.30 Å². The lowest BCUT2D eigenvalue weighted by atomic mass is 10.3. The summed E-state index contributed by atoms with van der Waals surface area (Å²) in [5, 5.41) is 0. The fourth-order valence-corrected chi connectivity index (χ4v) is 1.73. The van der Waals surface area contributed by atoms with Crippen molar-refractivity contribution in [3.63, 3.8) is 0 Å². The Morgan fingerprint density at radius 1 is 1.53 bits per heavy atom. The van der Waals surface area contributed by atoms with Gasteiger partial charge in [-0.05, 0) is 19.1 Å². The maximum Gasteiger partial charge on any atom is 0.313 e. The van der Waals surface area contributed by atoms with Crippen LogP contribution in [0.25, 0.3) is 11.0 Å². The Kier molecular flexibility index (Phi) is 3.08. The number of aryl methyl sites for hydroxylation is 1. The molecule has 0 aliphatic heterocycles. The van der Waals surface area contributed by atoms with Crippen molar-refractivity contribution in [3.05, 3.63) is 29.8 Å². The molecule has 0 N–H and O–H groups in total. The van der Waals surface area contributed by atoms with Crippen molar-refractivity contribution in [3.8, 4) is 0 Å². The van der Waals surface area contributed by atoms with Crippen molar-refractivity contribution in [2.24, 2.45) is 7.05 Å². The zero-order valence-corrected chi connectivity index (χ0v) is 9.74. The van der Waals surface area contributed by atoms with E-state index in [0.717, 1.165) is 0 Å². The van der Waals surface area contributed by atoms with Gasteiger partial charge in [-0.1, -0.05) is 6.07 Å². The van der Waals surface area contributed by atoms with Crippen LogP contribution in [0.15, 0.2) is 18.2 Å². The highest BCUT2D eigenvalue weighted by Crippen LogP contribution is 2.18. The summed E-state index contributed by atoms with van der Waals surface area (Å²) < 4.78 is 20.0. The van der Waals surface area contributed by atoms with E-state index in [2.05, 4.69) is 4.98 Å². The Morgan fingerprint density at radius 3 is 2.94 bits per heavy atom. The van der Waals surface area contributed by atoms with E-state index >= 15 is 0 Å². The Morgan fingerprint density at radius 2 is 2.29 bits per heavy atom. The number of benzene rings is 1. The fourth-order valence-electron chi connectivity index (χ4n) is 1.73. The van der Waals surface area contributed by atoms with Crippen molar-refractivity contribution in [1.82, 2.24) is 9.55 Å². The average molecular weight is 236 g/mol. The van der Waals surface area contributed by atoms with Crippen molar-refractivity contribution in [1.29, 1.82) is 0 Å². The molecule has 0 fully saturated rings. The third-order valence-corrected chi connectivity index (χ3v) is 2.56. The molecule has 0 unspecified atom stereocenters. The first kappa shape index (κ1) is 11.6. The van der Waals surface area contributed by atoms with Gasteiger partial charge in [0.15, 0.2) is 5.82 Å². The summed E-state index contributed by atoms with van der Waals surface area (Å²) in [5.41, 5.74) is 0.957. The molecule has 2 rings (SSSR count). The number of nitrogens with zero attached hydrogens (tertiary/aromatic N) is 2. The number of carbonyl (C=O) groups excluding carboxylic acids is 1. The van der Waals surface area contributed by atoms with E-state index in [1.54, 1.807) is 30.7 Å². The minimum atomic E-state index is -0.381. The summed E-state index contributed by atoms with van der Waals surface area (Å²) in [6, 6.07) is 4.73. The quantitative estimate of drug-likeness (QED) is 0.763. The monoisotopic (exact) mass is 236 g/mol. The van der Waals surface area contributed by atoms with Gasteiger partial charge in [0.25, 0.3) is 0 Å². The van der Waals surface area contributed by atoms with Crippen LogP contribution in [0.4, 0.5) is 4.39 Å². The summed E-state index contributed by atoms with van der Waals surface area (Å²) in [7, 11) is 1.75. The minimum Gasteiger partial charge on any atom is -0.466 e. The molecule has 1 heterocycles. The summed E-state index contributed by atoms with van der Waals surface area (Å²) >= 11 is 0. The first-order chi connectivity index (χ1) is 8.13. The van der Waals surface area contributed by atoms with Crippen molar-refractivity contribution >= 4 is 17.0 Å². The predicted octanol–water partition coefficient (Wildman–Crippen LogP) is 1.82. The molecule has 0 amide bonds. The predicted molar refractivity (Wildman–Crippen MR) is 61.0 cm³/mol. The van der Waals surface area contributed by atoms with Gasteiger partial charge in [-0.25, -0.2) is 9.37 Å². The molecular weight excluding hydrogens is 223 g/mol. The highest BCUT2D eigenvalue weighted by atomic mass is 19.1. The Balaban J connectivity index is 2.39. The second kappa shape index (κ2) is 4.53. The number of esters is 1. The van der Waals surface area contributed by atoms with E-state index in [-0.39, 0.29) is 23.7 Å². The standard InChI is InChI=1S/C12H13FN2O2/c1-3-17-11(16)7-10-14-12-8(13)5-4-6-9(12)15(10)2/h4-6H,3,7H2,1-2H3. The van der Waals surface area contributed by atoms with Gasteiger partial charge in [0, 0.05) is 7.05 Å². The van der Waals surface area contributed by atoms with Gasteiger partial charge in [-0.3, -0.25) is 4.79 Å². The number of imidazole rings is 1. The van der Waals surface area contributed by atoms with Gasteiger partial charge in [0.2, 0.25) is 0 Å². The van der Waals surface area contributed by atoms with Crippen molar-refractivity contribution < 1.29 is 13.9 Å². The van der Waals surface area contributed by atoms with Crippen LogP contribution in [-0.2, 0) is 23.0 Å². The molecule has 4 nitrogen and oxygen atoms in total. The molecule has 0 radical (unpaired) electrons. The minimum absolute atomic E-state index is 0.0540. The van der Waals surface area contributed by atoms with Crippen LogP contribution >= 0.6 is 0 Å². The lowest BCUT2D eigenvalue weighted by Gasteiger charge is -2.02. The van der Waals surface area contributed by atoms with E-state index in [9.17, 15) is 9.18 Å².